The highest BCUT2D eigenvalue weighted by molar-refractivity contribution is 5.77. The molecule has 0 bridgehead atoms. The monoisotopic (exact) mass is 222 g/mol. The Balaban J connectivity index is 2.41. The fourth-order valence-corrected chi connectivity index (χ4v) is 2.26. The van der Waals surface area contributed by atoms with Crippen LogP contribution in [0.3, 0.4) is 0 Å². The number of rotatable bonds is 4. The summed E-state index contributed by atoms with van der Waals surface area (Å²) in [4.78, 5) is 11.8. The van der Waals surface area contributed by atoms with Crippen molar-refractivity contribution in [1.82, 2.24) is 5.32 Å². The molecule has 0 aromatic heterocycles. The van der Waals surface area contributed by atoms with Gasteiger partial charge in [-0.15, -0.1) is 6.42 Å². The second kappa shape index (κ2) is 5.91. The Morgan fingerprint density at radius 1 is 1.50 bits per heavy atom. The number of nitrogens with two attached hydrogens (primary N) is 1. The Bertz CT molecular complexity index is 274. The molecule has 1 aliphatic rings. The number of hydrogen-bond acceptors (Lipinski definition) is 2. The van der Waals surface area contributed by atoms with Gasteiger partial charge in [0.25, 0.3) is 0 Å². The van der Waals surface area contributed by atoms with Crippen molar-refractivity contribution in [2.45, 2.75) is 63.5 Å². The Labute approximate surface area is 98.2 Å². The molecule has 90 valence electrons. The van der Waals surface area contributed by atoms with E-state index >= 15 is 0 Å². The Morgan fingerprint density at radius 3 is 2.62 bits per heavy atom. The molecule has 1 unspecified atom stereocenters. The third-order valence-corrected chi connectivity index (χ3v) is 3.31. The topological polar surface area (TPSA) is 55.1 Å². The lowest BCUT2D eigenvalue weighted by atomic mass is 9.80. The summed E-state index contributed by atoms with van der Waals surface area (Å²) in [7, 11) is 0. The number of terminal acetylenes is 1. The first kappa shape index (κ1) is 13.1. The summed E-state index contributed by atoms with van der Waals surface area (Å²) in [5.74, 6) is 2.55. The van der Waals surface area contributed by atoms with E-state index in [2.05, 4.69) is 11.2 Å². The maximum Gasteiger partial charge on any atom is 0.222 e. The van der Waals surface area contributed by atoms with E-state index in [1.807, 2.05) is 6.92 Å². The molecular formula is C13H22N2O. The smallest absolute Gasteiger partial charge is 0.222 e. The number of nitrogens with one attached hydrogen (secondary N) is 1. The predicted octanol–water partition coefficient (Wildman–Crippen LogP) is 1.57. The van der Waals surface area contributed by atoms with Gasteiger partial charge in [0.05, 0.1) is 6.04 Å². The summed E-state index contributed by atoms with van der Waals surface area (Å²) in [6.45, 7) is 1.96. The predicted molar refractivity (Wildman–Crippen MR) is 65.7 cm³/mol. The molecule has 0 aliphatic heterocycles. The van der Waals surface area contributed by atoms with Crippen molar-refractivity contribution in [3.05, 3.63) is 0 Å². The molecule has 3 N–H and O–H groups in total. The number of carbonyl (C=O) groups is 1. The first-order chi connectivity index (χ1) is 7.59. The van der Waals surface area contributed by atoms with Crippen molar-refractivity contribution >= 4 is 5.91 Å². The summed E-state index contributed by atoms with van der Waals surface area (Å²) in [5, 5.41) is 2.83. The lowest BCUT2D eigenvalue weighted by molar-refractivity contribution is -0.122. The molecule has 0 spiro atoms. The maximum atomic E-state index is 11.8. The molecule has 3 heteroatoms. The zero-order valence-corrected chi connectivity index (χ0v) is 10.1. The minimum atomic E-state index is -0.296. The van der Waals surface area contributed by atoms with Gasteiger partial charge in [0.15, 0.2) is 0 Å². The molecule has 1 atom stereocenters. The summed E-state index contributed by atoms with van der Waals surface area (Å²) >= 11 is 0. The fourth-order valence-electron chi connectivity index (χ4n) is 2.26. The normalized spacial score (nSPS) is 20.8. The Kier molecular flexibility index (Phi) is 4.82. The highest BCUT2D eigenvalue weighted by Gasteiger charge is 2.30. The molecule has 1 amide bonds. The molecule has 0 saturated heterocycles. The third kappa shape index (κ3) is 3.86. The van der Waals surface area contributed by atoms with E-state index in [0.29, 0.717) is 6.42 Å². The van der Waals surface area contributed by atoms with E-state index in [0.717, 1.165) is 32.1 Å². The highest BCUT2D eigenvalue weighted by Crippen LogP contribution is 2.28. The van der Waals surface area contributed by atoms with Crippen LogP contribution in [0.15, 0.2) is 0 Å². The van der Waals surface area contributed by atoms with Gasteiger partial charge in [-0.3, -0.25) is 4.79 Å². The fraction of sp³-hybridized carbons (Fsp3) is 0.769. The van der Waals surface area contributed by atoms with Crippen molar-refractivity contribution < 1.29 is 4.79 Å². The summed E-state index contributed by atoms with van der Waals surface area (Å²) in [6, 6.07) is -0.153. The molecule has 1 saturated carbocycles. The molecule has 3 nitrogen and oxygen atoms in total. The first-order valence-electron chi connectivity index (χ1n) is 6.14. The van der Waals surface area contributed by atoms with Gasteiger partial charge in [-0.2, -0.15) is 0 Å². The van der Waals surface area contributed by atoms with Crippen LogP contribution >= 0.6 is 0 Å². The van der Waals surface area contributed by atoms with Gasteiger partial charge in [0.2, 0.25) is 5.91 Å². The molecule has 0 radical (unpaired) electrons. The van der Waals surface area contributed by atoms with Gasteiger partial charge in [0, 0.05) is 12.0 Å². The zero-order chi connectivity index (χ0) is 12.0. The van der Waals surface area contributed by atoms with Gasteiger partial charge in [0.1, 0.15) is 0 Å². The van der Waals surface area contributed by atoms with Crippen LogP contribution in [0.5, 0.6) is 0 Å². The largest absolute Gasteiger partial charge is 0.342 e. The van der Waals surface area contributed by atoms with Gasteiger partial charge < -0.3 is 11.1 Å². The van der Waals surface area contributed by atoms with Crippen molar-refractivity contribution in [3.63, 3.8) is 0 Å². The molecule has 0 heterocycles. The van der Waals surface area contributed by atoms with E-state index in [9.17, 15) is 4.79 Å². The van der Waals surface area contributed by atoms with Crippen molar-refractivity contribution in [2.75, 3.05) is 0 Å². The van der Waals surface area contributed by atoms with Crippen LogP contribution in [0.25, 0.3) is 0 Å². The third-order valence-electron chi connectivity index (χ3n) is 3.31. The number of hydrogen-bond donors (Lipinski definition) is 2. The molecule has 1 fully saturated rings. The minimum Gasteiger partial charge on any atom is -0.342 e. The van der Waals surface area contributed by atoms with E-state index < -0.39 is 0 Å². The zero-order valence-electron chi connectivity index (χ0n) is 10.1. The average molecular weight is 222 g/mol. The van der Waals surface area contributed by atoms with Gasteiger partial charge >= 0.3 is 0 Å². The lowest BCUT2D eigenvalue weighted by Gasteiger charge is -2.33. The summed E-state index contributed by atoms with van der Waals surface area (Å²) in [6.07, 6.45) is 11.9. The quantitative estimate of drug-likeness (QED) is 0.709. The van der Waals surface area contributed by atoms with E-state index in [4.69, 9.17) is 12.2 Å². The molecule has 0 aromatic carbocycles. The SMILES string of the molecule is C#CC(CC)NC(=O)CC1(N)CCCCC1. The van der Waals surface area contributed by atoms with Crippen molar-refractivity contribution in [3.8, 4) is 12.3 Å². The van der Waals surface area contributed by atoms with Crippen LogP contribution in [0.4, 0.5) is 0 Å². The molecule has 1 rings (SSSR count). The van der Waals surface area contributed by atoms with Crippen molar-refractivity contribution in [2.24, 2.45) is 5.73 Å². The van der Waals surface area contributed by atoms with Crippen LogP contribution in [0.2, 0.25) is 0 Å². The van der Waals surface area contributed by atoms with Crippen LogP contribution in [0.1, 0.15) is 51.9 Å². The van der Waals surface area contributed by atoms with Gasteiger partial charge in [-0.25, -0.2) is 0 Å². The molecule has 0 aromatic rings. The second-order valence-electron chi connectivity index (χ2n) is 4.79. The van der Waals surface area contributed by atoms with Crippen LogP contribution in [-0.4, -0.2) is 17.5 Å². The number of amides is 1. The van der Waals surface area contributed by atoms with E-state index in [-0.39, 0.29) is 17.5 Å². The minimum absolute atomic E-state index is 0.00537. The Hall–Kier alpha value is -1.01. The lowest BCUT2D eigenvalue weighted by Crippen LogP contribution is -2.47. The van der Waals surface area contributed by atoms with Crippen LogP contribution in [-0.2, 0) is 4.79 Å². The van der Waals surface area contributed by atoms with E-state index in [1.165, 1.54) is 6.42 Å². The van der Waals surface area contributed by atoms with Gasteiger partial charge in [-0.05, 0) is 19.3 Å². The highest BCUT2D eigenvalue weighted by atomic mass is 16.1. The Morgan fingerprint density at radius 2 is 2.12 bits per heavy atom. The molecule has 1 aliphatic carbocycles. The summed E-state index contributed by atoms with van der Waals surface area (Å²) < 4.78 is 0. The van der Waals surface area contributed by atoms with Crippen LogP contribution in [0, 0.1) is 12.3 Å². The van der Waals surface area contributed by atoms with Crippen molar-refractivity contribution in [1.29, 1.82) is 0 Å². The first-order valence-corrected chi connectivity index (χ1v) is 6.14. The standard InChI is InChI=1S/C13H22N2O/c1-3-11(4-2)15-12(16)10-13(14)8-6-5-7-9-13/h1,11H,4-10,14H2,2H3,(H,15,16). The average Bonchev–Trinajstić information content (AvgIpc) is 2.26. The van der Waals surface area contributed by atoms with Crippen LogP contribution < -0.4 is 11.1 Å². The number of carbonyl (C=O) groups excluding carboxylic acids is 1. The maximum absolute atomic E-state index is 11.8. The summed E-state index contributed by atoms with van der Waals surface area (Å²) in [5.41, 5.74) is 5.91. The van der Waals surface area contributed by atoms with E-state index in [1.54, 1.807) is 0 Å². The molecule has 16 heavy (non-hydrogen) atoms. The second-order valence-corrected chi connectivity index (χ2v) is 4.79. The molecular weight excluding hydrogens is 200 g/mol. The van der Waals surface area contributed by atoms with Gasteiger partial charge in [-0.1, -0.05) is 32.1 Å².